The summed E-state index contributed by atoms with van der Waals surface area (Å²) in [4.78, 5) is 16.4. The molecule has 0 radical (unpaired) electrons. The van der Waals surface area contributed by atoms with Gasteiger partial charge in [-0.3, -0.25) is 0 Å². The van der Waals surface area contributed by atoms with Gasteiger partial charge in [-0.25, -0.2) is 18.7 Å². The molecule has 0 amide bonds. The van der Waals surface area contributed by atoms with Crippen molar-refractivity contribution >= 4 is 28.3 Å². The topological polar surface area (TPSA) is 68.3 Å². The van der Waals surface area contributed by atoms with Gasteiger partial charge in [0.15, 0.2) is 0 Å². The molecule has 5 nitrogen and oxygen atoms in total. The zero-order chi connectivity index (χ0) is 15.6. The Kier molecular flexibility index (Phi) is 5.46. The van der Waals surface area contributed by atoms with Crippen LogP contribution < -0.4 is 4.72 Å². The number of rotatable bonds is 4. The van der Waals surface area contributed by atoms with Crippen LogP contribution in [-0.4, -0.2) is 25.5 Å². The maximum atomic E-state index is 11.9. The summed E-state index contributed by atoms with van der Waals surface area (Å²) < 4.78 is 19.7. The van der Waals surface area contributed by atoms with Crippen molar-refractivity contribution < 1.29 is 13.7 Å². The third-order valence-corrected chi connectivity index (χ3v) is 4.56. The van der Waals surface area contributed by atoms with E-state index in [-0.39, 0.29) is 10.7 Å². The molecule has 114 valence electrons. The molecular formula is C13H22N2O3S2. The number of nitrogens with zero attached hydrogens (tertiary/aromatic N) is 1. The molecule has 1 heterocycles. The number of carbonyl (C=O) groups excluding carboxylic acids is 1. The number of hydrogen-bond donors (Lipinski definition) is 1. The summed E-state index contributed by atoms with van der Waals surface area (Å²) in [5.41, 5.74) is -0.521. The first-order chi connectivity index (χ1) is 8.99. The molecule has 0 aliphatic rings. The van der Waals surface area contributed by atoms with E-state index in [4.69, 9.17) is 4.74 Å². The fourth-order valence-electron chi connectivity index (χ4n) is 1.16. The van der Waals surface area contributed by atoms with Gasteiger partial charge in [-0.15, -0.1) is 11.3 Å². The molecule has 0 bridgehead atoms. The first-order valence-electron chi connectivity index (χ1n) is 6.32. The predicted octanol–water partition coefficient (Wildman–Crippen LogP) is 2.65. The average Bonchev–Trinajstić information content (AvgIpc) is 2.70. The van der Waals surface area contributed by atoms with Gasteiger partial charge in [-0.2, -0.15) is 0 Å². The van der Waals surface area contributed by atoms with Crippen LogP contribution in [0.1, 0.15) is 56.2 Å². The van der Waals surface area contributed by atoms with E-state index in [0.29, 0.717) is 16.4 Å². The molecule has 7 heteroatoms. The van der Waals surface area contributed by atoms with Gasteiger partial charge in [-0.1, -0.05) is 0 Å². The smallest absolute Gasteiger partial charge is 0.350 e. The monoisotopic (exact) mass is 318 g/mol. The molecule has 1 aromatic heterocycles. The number of thiazole rings is 1. The van der Waals surface area contributed by atoms with E-state index in [1.54, 1.807) is 0 Å². The molecule has 0 aliphatic heterocycles. The number of esters is 1. The van der Waals surface area contributed by atoms with Crippen LogP contribution in [0.2, 0.25) is 0 Å². The molecule has 1 aromatic rings. The van der Waals surface area contributed by atoms with Gasteiger partial charge in [-0.05, 0) is 41.5 Å². The second kappa shape index (κ2) is 6.32. The van der Waals surface area contributed by atoms with Crippen LogP contribution in [0.25, 0.3) is 0 Å². The fourth-order valence-corrected chi connectivity index (χ4v) is 2.68. The van der Waals surface area contributed by atoms with Crippen LogP contribution in [0.4, 0.5) is 0 Å². The Hall–Kier alpha value is -0.790. The maximum absolute atomic E-state index is 11.9. The maximum Gasteiger partial charge on any atom is 0.350 e. The molecule has 0 fully saturated rings. The molecule has 0 aromatic carbocycles. The highest BCUT2D eigenvalue weighted by atomic mass is 32.2. The zero-order valence-electron chi connectivity index (χ0n) is 12.8. The molecule has 20 heavy (non-hydrogen) atoms. The summed E-state index contributed by atoms with van der Waals surface area (Å²) in [6, 6.07) is 0. The summed E-state index contributed by atoms with van der Waals surface area (Å²) in [6.07, 6.45) is 1.50. The number of aromatic nitrogens is 1. The van der Waals surface area contributed by atoms with E-state index in [9.17, 15) is 9.00 Å². The van der Waals surface area contributed by atoms with E-state index < -0.39 is 16.6 Å². The second-order valence-corrected chi connectivity index (χ2v) is 9.49. The van der Waals surface area contributed by atoms with Crippen molar-refractivity contribution in [2.45, 2.75) is 58.4 Å². The number of nitrogens with one attached hydrogen (secondary N) is 1. The summed E-state index contributed by atoms with van der Waals surface area (Å²) >= 11 is 1.25. The van der Waals surface area contributed by atoms with Crippen molar-refractivity contribution in [2.75, 3.05) is 0 Å². The summed E-state index contributed by atoms with van der Waals surface area (Å²) in [7, 11) is -1.15. The molecule has 0 spiro atoms. The Morgan fingerprint density at radius 1 is 1.35 bits per heavy atom. The Morgan fingerprint density at radius 2 is 1.95 bits per heavy atom. The molecule has 0 unspecified atom stereocenters. The lowest BCUT2D eigenvalue weighted by molar-refractivity contribution is 0.00749. The van der Waals surface area contributed by atoms with Crippen LogP contribution >= 0.6 is 11.3 Å². The predicted molar refractivity (Wildman–Crippen MR) is 82.0 cm³/mol. The standard InChI is InChI=1S/C13H22N2O3S2/c1-12(2,3)18-11(16)9-7-14-10(19-9)8-15-20(17)13(4,5)6/h7,15H,8H2,1-6H3/t20-/m0/s1. The van der Waals surface area contributed by atoms with Crippen molar-refractivity contribution in [1.29, 1.82) is 0 Å². The SMILES string of the molecule is CC(C)(C)OC(=O)c1cnc(CN[S@@](=O)C(C)(C)C)s1. The largest absolute Gasteiger partial charge is 0.456 e. The third kappa shape index (κ3) is 5.68. The van der Waals surface area contributed by atoms with E-state index >= 15 is 0 Å². The Balaban J connectivity index is 2.60. The average molecular weight is 318 g/mol. The van der Waals surface area contributed by atoms with Crippen molar-refractivity contribution in [1.82, 2.24) is 9.71 Å². The van der Waals surface area contributed by atoms with Gasteiger partial charge in [0.05, 0.1) is 28.5 Å². The Bertz CT molecular complexity index is 498. The van der Waals surface area contributed by atoms with Crippen molar-refractivity contribution in [2.24, 2.45) is 0 Å². The lowest BCUT2D eigenvalue weighted by Gasteiger charge is -2.18. The normalized spacial score (nSPS) is 14.1. The summed E-state index contributed by atoms with van der Waals surface area (Å²) in [5, 5.41) is 0.712. The van der Waals surface area contributed by atoms with Gasteiger partial charge in [0.25, 0.3) is 0 Å². The molecule has 1 N–H and O–H groups in total. The molecule has 0 saturated carbocycles. The first-order valence-corrected chi connectivity index (χ1v) is 8.29. The van der Waals surface area contributed by atoms with Crippen LogP contribution in [0.5, 0.6) is 0 Å². The van der Waals surface area contributed by atoms with Crippen molar-refractivity contribution in [3.8, 4) is 0 Å². The third-order valence-electron chi connectivity index (χ3n) is 2.06. The van der Waals surface area contributed by atoms with Crippen LogP contribution in [0, 0.1) is 0 Å². The highest BCUT2D eigenvalue weighted by molar-refractivity contribution is 7.84. The van der Waals surface area contributed by atoms with E-state index in [2.05, 4.69) is 9.71 Å². The van der Waals surface area contributed by atoms with Gasteiger partial charge in [0.1, 0.15) is 15.5 Å². The van der Waals surface area contributed by atoms with Crippen molar-refractivity contribution in [3.05, 3.63) is 16.1 Å². The molecule has 0 aliphatic carbocycles. The van der Waals surface area contributed by atoms with Crippen LogP contribution in [-0.2, 0) is 22.3 Å². The summed E-state index contributed by atoms with van der Waals surface area (Å²) in [6.45, 7) is 11.5. The minimum absolute atomic E-state index is 0.328. The summed E-state index contributed by atoms with van der Waals surface area (Å²) in [5.74, 6) is -0.377. The number of hydrogen-bond acceptors (Lipinski definition) is 5. The van der Waals surface area contributed by atoms with Crippen molar-refractivity contribution in [3.63, 3.8) is 0 Å². The van der Waals surface area contributed by atoms with Gasteiger partial charge < -0.3 is 4.74 Å². The minimum atomic E-state index is -1.15. The Morgan fingerprint density at radius 3 is 2.45 bits per heavy atom. The van der Waals surface area contributed by atoms with E-state index in [0.717, 1.165) is 0 Å². The molecule has 1 rings (SSSR count). The van der Waals surface area contributed by atoms with Crippen LogP contribution in [0.15, 0.2) is 6.20 Å². The quantitative estimate of drug-likeness (QED) is 0.867. The molecule has 1 atom stereocenters. The molecular weight excluding hydrogens is 296 g/mol. The van der Waals surface area contributed by atoms with Gasteiger partial charge >= 0.3 is 5.97 Å². The minimum Gasteiger partial charge on any atom is -0.456 e. The van der Waals surface area contributed by atoms with Gasteiger partial charge in [0.2, 0.25) is 0 Å². The molecule has 0 saturated heterocycles. The first kappa shape index (κ1) is 17.3. The lowest BCUT2D eigenvalue weighted by atomic mass is 10.2. The second-order valence-electron chi connectivity index (χ2n) is 6.32. The number of carbonyl (C=O) groups is 1. The number of ether oxygens (including phenoxy) is 1. The van der Waals surface area contributed by atoms with Crippen LogP contribution in [0.3, 0.4) is 0 Å². The van der Waals surface area contributed by atoms with E-state index in [1.165, 1.54) is 17.5 Å². The zero-order valence-corrected chi connectivity index (χ0v) is 14.4. The highest BCUT2D eigenvalue weighted by Crippen LogP contribution is 2.18. The Labute approximate surface area is 126 Å². The fraction of sp³-hybridized carbons (Fsp3) is 0.692. The van der Waals surface area contributed by atoms with Gasteiger partial charge in [0, 0.05) is 0 Å². The highest BCUT2D eigenvalue weighted by Gasteiger charge is 2.21. The van der Waals surface area contributed by atoms with E-state index in [1.807, 2.05) is 41.5 Å². The lowest BCUT2D eigenvalue weighted by Crippen LogP contribution is -2.32.